The first kappa shape index (κ1) is 18.2. The number of hydrogen-bond acceptors (Lipinski definition) is 4. The van der Waals surface area contributed by atoms with E-state index in [2.05, 4.69) is 78.3 Å². The summed E-state index contributed by atoms with van der Waals surface area (Å²) in [4.78, 5) is 16.7. The largest absolute Gasteiger partial charge is 0.388 e. The number of aromatic amines is 1. The second-order valence-electron chi connectivity index (χ2n) is 9.38. The Bertz CT molecular complexity index is 1050. The minimum atomic E-state index is -0.160. The zero-order valence-electron chi connectivity index (χ0n) is 17.4. The molecule has 5 heteroatoms. The molecule has 1 aromatic heterocycles. The van der Waals surface area contributed by atoms with Gasteiger partial charge in [-0.25, -0.2) is 4.98 Å². The lowest BCUT2D eigenvalue weighted by atomic mass is 9.85. The van der Waals surface area contributed by atoms with Crippen molar-refractivity contribution >= 4 is 22.7 Å². The molecule has 5 rings (SSSR count). The van der Waals surface area contributed by atoms with Crippen LogP contribution in [0.25, 0.3) is 11.0 Å². The van der Waals surface area contributed by atoms with Crippen molar-refractivity contribution in [3.8, 4) is 0 Å². The Morgan fingerprint density at radius 3 is 2.52 bits per heavy atom. The molecule has 0 unspecified atom stereocenters. The Morgan fingerprint density at radius 1 is 1.03 bits per heavy atom. The number of nitrogens with zero attached hydrogens (tertiary/aromatic N) is 3. The lowest BCUT2D eigenvalue weighted by Gasteiger charge is -2.37. The third-order valence-electron chi connectivity index (χ3n) is 6.26. The number of oxime groups is 1. The van der Waals surface area contributed by atoms with Crippen LogP contribution in [0.2, 0.25) is 0 Å². The Hall–Kier alpha value is -2.82. The quantitative estimate of drug-likeness (QED) is 0.670. The minimum absolute atomic E-state index is 0.132. The van der Waals surface area contributed by atoms with Crippen molar-refractivity contribution in [3.63, 3.8) is 0 Å². The molecule has 1 saturated heterocycles. The van der Waals surface area contributed by atoms with E-state index in [0.717, 1.165) is 55.0 Å². The van der Waals surface area contributed by atoms with Gasteiger partial charge in [0.15, 0.2) is 0 Å². The Morgan fingerprint density at radius 2 is 1.79 bits per heavy atom. The van der Waals surface area contributed by atoms with E-state index in [9.17, 15) is 0 Å². The van der Waals surface area contributed by atoms with Crippen LogP contribution < -0.4 is 4.90 Å². The number of piperidine rings is 1. The first-order chi connectivity index (χ1) is 13.9. The molecule has 1 fully saturated rings. The van der Waals surface area contributed by atoms with Gasteiger partial charge >= 0.3 is 0 Å². The highest BCUT2D eigenvalue weighted by Gasteiger charge is 2.42. The summed E-state index contributed by atoms with van der Waals surface area (Å²) in [5, 5.41) is 4.42. The molecule has 0 bridgehead atoms. The first-order valence-corrected chi connectivity index (χ1v) is 10.5. The molecular formula is C24H28N4O. The van der Waals surface area contributed by atoms with Crippen molar-refractivity contribution < 1.29 is 4.84 Å². The van der Waals surface area contributed by atoms with E-state index < -0.39 is 0 Å². The van der Waals surface area contributed by atoms with E-state index in [4.69, 9.17) is 9.82 Å². The van der Waals surface area contributed by atoms with Crippen LogP contribution in [0.15, 0.2) is 53.7 Å². The van der Waals surface area contributed by atoms with E-state index >= 15 is 0 Å². The summed E-state index contributed by atoms with van der Waals surface area (Å²) in [6.07, 6.45) is 2.80. The maximum Gasteiger partial charge on any atom is 0.203 e. The average molecular weight is 389 g/mol. The molecule has 0 atom stereocenters. The molecule has 5 nitrogen and oxygen atoms in total. The van der Waals surface area contributed by atoms with Gasteiger partial charge in [0.05, 0.1) is 16.7 Å². The third-order valence-corrected chi connectivity index (χ3v) is 6.26. The molecule has 2 aliphatic rings. The van der Waals surface area contributed by atoms with E-state index in [0.29, 0.717) is 0 Å². The molecule has 0 aliphatic carbocycles. The first-order valence-electron chi connectivity index (χ1n) is 10.5. The number of H-pyrrole nitrogens is 1. The Labute approximate surface area is 171 Å². The van der Waals surface area contributed by atoms with Crippen LogP contribution in [0.5, 0.6) is 0 Å². The van der Waals surface area contributed by atoms with Crippen molar-refractivity contribution in [2.24, 2.45) is 5.16 Å². The Kier molecular flexibility index (Phi) is 4.16. The number of hydrogen-bond donors (Lipinski definition) is 1. The SMILES string of the molecule is CC(C)(C)c1ccc2nc(N3CCC4(CC3)CC(c3ccccc3)=NO4)[nH]c2c1. The van der Waals surface area contributed by atoms with Crippen LogP contribution in [0, 0.1) is 0 Å². The fourth-order valence-electron chi connectivity index (χ4n) is 4.31. The molecule has 2 aliphatic heterocycles. The van der Waals surface area contributed by atoms with Gasteiger partial charge in [-0.3, -0.25) is 0 Å². The molecular weight excluding hydrogens is 360 g/mol. The molecule has 29 heavy (non-hydrogen) atoms. The average Bonchev–Trinajstić information content (AvgIpc) is 3.33. The summed E-state index contributed by atoms with van der Waals surface area (Å²) in [6, 6.07) is 16.9. The minimum Gasteiger partial charge on any atom is -0.388 e. The number of fused-ring (bicyclic) bond motifs is 1. The third kappa shape index (κ3) is 3.39. The molecule has 0 saturated carbocycles. The fraction of sp³-hybridized carbons (Fsp3) is 0.417. The smallest absolute Gasteiger partial charge is 0.203 e. The highest BCUT2D eigenvalue weighted by molar-refractivity contribution is 6.01. The predicted molar refractivity (Wildman–Crippen MR) is 118 cm³/mol. The summed E-state index contributed by atoms with van der Waals surface area (Å²) in [7, 11) is 0. The maximum atomic E-state index is 5.98. The molecule has 3 heterocycles. The van der Waals surface area contributed by atoms with E-state index in [1.165, 1.54) is 11.1 Å². The summed E-state index contributed by atoms with van der Waals surface area (Å²) in [5.41, 5.74) is 5.67. The van der Waals surface area contributed by atoms with Crippen molar-refractivity contribution in [2.45, 2.75) is 51.0 Å². The molecule has 2 aromatic carbocycles. The van der Waals surface area contributed by atoms with Gasteiger partial charge in [-0.1, -0.05) is 62.3 Å². The van der Waals surface area contributed by atoms with Crippen LogP contribution in [0.4, 0.5) is 5.95 Å². The van der Waals surface area contributed by atoms with Crippen molar-refractivity contribution in [1.82, 2.24) is 9.97 Å². The van der Waals surface area contributed by atoms with Crippen LogP contribution in [-0.2, 0) is 10.3 Å². The van der Waals surface area contributed by atoms with Gasteiger partial charge in [0.1, 0.15) is 5.60 Å². The highest BCUT2D eigenvalue weighted by Crippen LogP contribution is 2.37. The lowest BCUT2D eigenvalue weighted by molar-refractivity contribution is -0.0361. The number of aromatic nitrogens is 2. The lowest BCUT2D eigenvalue weighted by Crippen LogP contribution is -2.45. The standard InChI is InChI=1S/C24H28N4O/c1-23(2,3)18-9-10-19-20(15-18)26-22(25-19)28-13-11-24(12-14-28)16-21(27-29-24)17-7-5-4-6-8-17/h4-10,15H,11-14,16H2,1-3H3,(H,25,26). The monoisotopic (exact) mass is 388 g/mol. The Balaban J connectivity index is 1.29. The predicted octanol–water partition coefficient (Wildman–Crippen LogP) is 5.02. The molecule has 0 radical (unpaired) electrons. The second kappa shape index (κ2) is 6.61. The molecule has 1 N–H and O–H groups in total. The van der Waals surface area contributed by atoms with Crippen LogP contribution in [-0.4, -0.2) is 34.4 Å². The van der Waals surface area contributed by atoms with Gasteiger partial charge < -0.3 is 14.7 Å². The molecule has 0 amide bonds. The molecule has 150 valence electrons. The van der Waals surface area contributed by atoms with Crippen LogP contribution in [0.3, 0.4) is 0 Å². The van der Waals surface area contributed by atoms with Gasteiger partial charge in [-0.15, -0.1) is 0 Å². The summed E-state index contributed by atoms with van der Waals surface area (Å²) >= 11 is 0. The van der Waals surface area contributed by atoms with Gasteiger partial charge in [-0.05, 0) is 28.7 Å². The second-order valence-corrected chi connectivity index (χ2v) is 9.38. The normalized spacial score (nSPS) is 18.9. The summed E-state index contributed by atoms with van der Waals surface area (Å²) in [5.74, 6) is 0.961. The topological polar surface area (TPSA) is 53.5 Å². The number of benzene rings is 2. The van der Waals surface area contributed by atoms with Gasteiger partial charge in [-0.2, -0.15) is 0 Å². The number of anilines is 1. The van der Waals surface area contributed by atoms with Crippen molar-refractivity contribution in [3.05, 3.63) is 59.7 Å². The van der Waals surface area contributed by atoms with Gasteiger partial charge in [0.2, 0.25) is 5.95 Å². The number of rotatable bonds is 2. The van der Waals surface area contributed by atoms with E-state index in [1.807, 2.05) is 6.07 Å². The van der Waals surface area contributed by atoms with Gasteiger partial charge in [0.25, 0.3) is 0 Å². The van der Waals surface area contributed by atoms with Crippen molar-refractivity contribution in [1.29, 1.82) is 0 Å². The van der Waals surface area contributed by atoms with E-state index in [1.54, 1.807) is 0 Å². The summed E-state index contributed by atoms with van der Waals surface area (Å²) < 4.78 is 0. The fourth-order valence-corrected chi connectivity index (χ4v) is 4.31. The zero-order valence-corrected chi connectivity index (χ0v) is 17.4. The van der Waals surface area contributed by atoms with Crippen LogP contribution >= 0.6 is 0 Å². The zero-order chi connectivity index (χ0) is 20.1. The number of nitrogens with one attached hydrogen (secondary N) is 1. The molecule has 1 spiro atoms. The van der Waals surface area contributed by atoms with Crippen molar-refractivity contribution in [2.75, 3.05) is 18.0 Å². The highest BCUT2D eigenvalue weighted by atomic mass is 16.7. The summed E-state index contributed by atoms with van der Waals surface area (Å²) in [6.45, 7) is 8.56. The maximum absolute atomic E-state index is 5.98. The van der Waals surface area contributed by atoms with Gasteiger partial charge in [0, 0.05) is 32.4 Å². The van der Waals surface area contributed by atoms with Crippen LogP contribution in [0.1, 0.15) is 51.2 Å². The number of imidazole rings is 1. The van der Waals surface area contributed by atoms with E-state index in [-0.39, 0.29) is 11.0 Å². The molecule has 3 aromatic rings.